The van der Waals surface area contributed by atoms with Crippen LogP contribution in [0.3, 0.4) is 0 Å². The van der Waals surface area contributed by atoms with Crippen molar-refractivity contribution < 1.29 is 19.2 Å². The first-order valence-electron chi connectivity index (χ1n) is 6.16. The number of carbonyl (C=O) groups excluding carboxylic acids is 1. The molecule has 0 aliphatic rings. The largest absolute Gasteiger partial charge is 0.482 e. The molecule has 0 amide bonds. The minimum atomic E-state index is -0.641. The van der Waals surface area contributed by atoms with Crippen molar-refractivity contribution in [3.63, 3.8) is 0 Å². The third-order valence-corrected chi connectivity index (χ3v) is 2.62. The number of rotatable bonds is 5. The van der Waals surface area contributed by atoms with Crippen LogP contribution in [0.4, 0.5) is 5.69 Å². The van der Waals surface area contributed by atoms with Crippen LogP contribution in [-0.2, 0) is 4.79 Å². The molecule has 0 aromatic heterocycles. The van der Waals surface area contributed by atoms with Gasteiger partial charge in [0.2, 0.25) is 0 Å². The predicted molar refractivity (Wildman–Crippen MR) is 75.4 cm³/mol. The van der Waals surface area contributed by atoms with Crippen molar-refractivity contribution in [3.05, 3.63) is 64.2 Å². The molecule has 0 saturated heterocycles. The lowest BCUT2D eigenvalue weighted by atomic mass is 10.2. The molecule has 2 aromatic rings. The number of nitro groups is 1. The van der Waals surface area contributed by atoms with Gasteiger partial charge in [0.05, 0.1) is 16.6 Å². The van der Waals surface area contributed by atoms with Gasteiger partial charge in [0.1, 0.15) is 11.5 Å². The monoisotopic (exact) mass is 298 g/mol. The highest BCUT2D eigenvalue weighted by molar-refractivity contribution is 5.74. The molecule has 2 rings (SSSR count). The summed E-state index contributed by atoms with van der Waals surface area (Å²) in [6.45, 7) is -0.317. The van der Waals surface area contributed by atoms with E-state index in [2.05, 4.69) is 0 Å². The summed E-state index contributed by atoms with van der Waals surface area (Å²) in [5, 5.41) is 19.2. The van der Waals surface area contributed by atoms with E-state index in [1.807, 2.05) is 6.07 Å². The Morgan fingerprint density at radius 1 is 1.09 bits per heavy atom. The molecule has 110 valence electrons. The summed E-state index contributed by atoms with van der Waals surface area (Å²) in [5.41, 5.74) is 0.398. The van der Waals surface area contributed by atoms with Crippen LogP contribution in [0.25, 0.3) is 0 Å². The van der Waals surface area contributed by atoms with E-state index in [0.717, 1.165) is 0 Å². The molecule has 7 heteroatoms. The van der Waals surface area contributed by atoms with Crippen LogP contribution in [-0.4, -0.2) is 17.5 Å². The van der Waals surface area contributed by atoms with Crippen LogP contribution in [0.15, 0.2) is 48.5 Å². The second kappa shape index (κ2) is 6.85. The van der Waals surface area contributed by atoms with Gasteiger partial charge in [-0.1, -0.05) is 0 Å². The molecule has 0 unspecified atom stereocenters. The summed E-state index contributed by atoms with van der Waals surface area (Å²) >= 11 is 0. The second-order valence-electron chi connectivity index (χ2n) is 4.15. The van der Waals surface area contributed by atoms with E-state index in [1.165, 1.54) is 24.3 Å². The molecule has 0 fully saturated rings. The van der Waals surface area contributed by atoms with E-state index in [9.17, 15) is 14.9 Å². The molecule has 0 N–H and O–H groups in total. The number of non-ortho nitro benzene ring substituents is 1. The lowest BCUT2D eigenvalue weighted by Crippen LogP contribution is -2.17. The number of ether oxygens (including phenoxy) is 2. The van der Waals surface area contributed by atoms with Crippen LogP contribution >= 0.6 is 0 Å². The minimum Gasteiger partial charge on any atom is -0.482 e. The number of nitrogens with zero attached hydrogens (tertiary/aromatic N) is 2. The van der Waals surface area contributed by atoms with E-state index in [1.54, 1.807) is 24.3 Å². The molecule has 0 heterocycles. The predicted octanol–water partition coefficient (Wildman–Crippen LogP) is 2.45. The molecule has 0 spiro atoms. The maximum absolute atomic E-state index is 11.6. The lowest BCUT2D eigenvalue weighted by molar-refractivity contribution is -0.384. The topological polar surface area (TPSA) is 102 Å². The van der Waals surface area contributed by atoms with E-state index >= 15 is 0 Å². The van der Waals surface area contributed by atoms with Gasteiger partial charge in [-0.05, 0) is 36.4 Å². The van der Waals surface area contributed by atoms with Gasteiger partial charge in [-0.3, -0.25) is 10.1 Å². The highest BCUT2D eigenvalue weighted by atomic mass is 16.6. The number of hydrogen-bond donors (Lipinski definition) is 0. The molecule has 7 nitrogen and oxygen atoms in total. The van der Waals surface area contributed by atoms with Crippen molar-refractivity contribution >= 4 is 11.7 Å². The van der Waals surface area contributed by atoms with E-state index < -0.39 is 10.9 Å². The summed E-state index contributed by atoms with van der Waals surface area (Å²) in [6.07, 6.45) is 0. The SMILES string of the molecule is N#Cc1ccc(OCC(=O)Oc2ccc([N+](=O)[O-])cc2)cc1. The first kappa shape index (κ1) is 15.0. The highest BCUT2D eigenvalue weighted by Crippen LogP contribution is 2.17. The maximum Gasteiger partial charge on any atom is 0.349 e. The third kappa shape index (κ3) is 4.05. The number of esters is 1. The summed E-state index contributed by atoms with van der Waals surface area (Å²) < 4.78 is 10.2. The van der Waals surface area contributed by atoms with Crippen molar-refractivity contribution in [2.75, 3.05) is 6.61 Å². The molecule has 0 radical (unpaired) electrons. The summed E-state index contributed by atoms with van der Waals surface area (Å²) in [6, 6.07) is 13.4. The molecule has 0 atom stereocenters. The number of benzene rings is 2. The van der Waals surface area contributed by atoms with Gasteiger partial charge in [0.25, 0.3) is 5.69 Å². The van der Waals surface area contributed by atoms with Crippen LogP contribution in [0, 0.1) is 21.4 Å². The van der Waals surface area contributed by atoms with Crippen LogP contribution in [0.5, 0.6) is 11.5 Å². The van der Waals surface area contributed by atoms with Crippen LogP contribution < -0.4 is 9.47 Å². The fraction of sp³-hybridized carbons (Fsp3) is 0.0667. The second-order valence-corrected chi connectivity index (χ2v) is 4.15. The van der Waals surface area contributed by atoms with E-state index in [4.69, 9.17) is 14.7 Å². The molecular weight excluding hydrogens is 288 g/mol. The zero-order valence-corrected chi connectivity index (χ0v) is 11.3. The molecule has 0 aliphatic heterocycles. The standard InChI is InChI=1S/C15H10N2O5/c16-9-11-1-5-13(6-2-11)21-10-15(18)22-14-7-3-12(4-8-14)17(19)20/h1-8H,10H2. The Hall–Kier alpha value is -3.40. The Kier molecular flexibility index (Phi) is 4.67. The average Bonchev–Trinajstić information content (AvgIpc) is 2.54. The Balaban J connectivity index is 1.87. The number of nitriles is 1. The third-order valence-electron chi connectivity index (χ3n) is 2.62. The van der Waals surface area contributed by atoms with Gasteiger partial charge in [-0.2, -0.15) is 5.26 Å². The van der Waals surface area contributed by atoms with Gasteiger partial charge in [0, 0.05) is 12.1 Å². The van der Waals surface area contributed by atoms with Gasteiger partial charge >= 0.3 is 5.97 Å². The van der Waals surface area contributed by atoms with Gasteiger partial charge < -0.3 is 9.47 Å². The Labute approximate surface area is 125 Å². The highest BCUT2D eigenvalue weighted by Gasteiger charge is 2.09. The minimum absolute atomic E-state index is 0.0892. The van der Waals surface area contributed by atoms with Gasteiger partial charge in [0.15, 0.2) is 6.61 Å². The first-order valence-corrected chi connectivity index (χ1v) is 6.16. The zero-order valence-electron chi connectivity index (χ0n) is 11.3. The molecule has 22 heavy (non-hydrogen) atoms. The molecule has 0 saturated carbocycles. The van der Waals surface area contributed by atoms with Crippen molar-refractivity contribution in [1.82, 2.24) is 0 Å². The first-order chi connectivity index (χ1) is 10.6. The smallest absolute Gasteiger partial charge is 0.349 e. The van der Waals surface area contributed by atoms with Crippen molar-refractivity contribution in [2.45, 2.75) is 0 Å². The van der Waals surface area contributed by atoms with Crippen LogP contribution in [0.1, 0.15) is 5.56 Å². The molecule has 0 bridgehead atoms. The van der Waals surface area contributed by atoms with Crippen LogP contribution in [0.2, 0.25) is 0 Å². The summed E-state index contributed by atoms with van der Waals surface area (Å²) in [7, 11) is 0. The van der Waals surface area contributed by atoms with E-state index in [0.29, 0.717) is 11.3 Å². The molecule has 0 aliphatic carbocycles. The Bertz CT molecular complexity index is 717. The number of hydrogen-bond acceptors (Lipinski definition) is 6. The van der Waals surface area contributed by atoms with E-state index in [-0.39, 0.29) is 18.0 Å². The van der Waals surface area contributed by atoms with Crippen molar-refractivity contribution in [1.29, 1.82) is 5.26 Å². The zero-order chi connectivity index (χ0) is 15.9. The van der Waals surface area contributed by atoms with Crippen molar-refractivity contribution in [3.8, 4) is 17.6 Å². The fourth-order valence-electron chi connectivity index (χ4n) is 1.56. The summed E-state index contributed by atoms with van der Waals surface area (Å²) in [4.78, 5) is 21.5. The normalized spacial score (nSPS) is 9.59. The lowest BCUT2D eigenvalue weighted by Gasteiger charge is -2.06. The van der Waals surface area contributed by atoms with Crippen molar-refractivity contribution in [2.24, 2.45) is 0 Å². The number of carbonyl (C=O) groups is 1. The Morgan fingerprint density at radius 2 is 1.68 bits per heavy atom. The molecule has 2 aromatic carbocycles. The summed E-state index contributed by atoms with van der Waals surface area (Å²) in [5.74, 6) is -0.0168. The fourth-order valence-corrected chi connectivity index (χ4v) is 1.56. The van der Waals surface area contributed by atoms with Gasteiger partial charge in [-0.15, -0.1) is 0 Å². The maximum atomic E-state index is 11.6. The van der Waals surface area contributed by atoms with Gasteiger partial charge in [-0.25, -0.2) is 4.79 Å². The number of nitro benzene ring substituents is 1. The Morgan fingerprint density at radius 3 is 2.23 bits per heavy atom. The quantitative estimate of drug-likeness (QED) is 0.363. The molecular formula is C15H10N2O5. The average molecular weight is 298 g/mol.